The fraction of sp³-hybridized carbons (Fsp3) is 0.440. The molecule has 5 heteroatoms. The summed E-state index contributed by atoms with van der Waals surface area (Å²) >= 11 is 3.40. The second-order valence-corrected chi connectivity index (χ2v) is 10.7. The standard InChI is InChI=1S/C25H27BrN2O2/c1-16-2-4-20(5-3-16)24-10-17-8-18(11-24)13-25(12-17,15-24)23(30)28-27-14-19-9-21(26)6-7-22(19)29/h2-7,9,14,17-18,29H,8,10-13,15H2,1H3,(H,28,30)/b27-14-/t17-,18+,24?,25?. The average molecular weight is 467 g/mol. The van der Waals surface area contributed by atoms with Crippen LogP contribution in [0.25, 0.3) is 0 Å². The fourth-order valence-electron chi connectivity index (χ4n) is 6.68. The molecule has 156 valence electrons. The Morgan fingerprint density at radius 3 is 2.53 bits per heavy atom. The molecule has 0 aromatic heterocycles. The van der Waals surface area contributed by atoms with Crippen molar-refractivity contribution in [3.63, 3.8) is 0 Å². The maximum Gasteiger partial charge on any atom is 0.246 e. The molecule has 4 aliphatic rings. The predicted octanol–water partition coefficient (Wildman–Crippen LogP) is 5.45. The van der Waals surface area contributed by atoms with Crippen molar-refractivity contribution in [1.82, 2.24) is 5.43 Å². The third-order valence-electron chi connectivity index (χ3n) is 7.57. The third-order valence-corrected chi connectivity index (χ3v) is 8.06. The Morgan fingerprint density at radius 1 is 1.13 bits per heavy atom. The number of rotatable bonds is 4. The zero-order valence-electron chi connectivity index (χ0n) is 17.2. The molecule has 4 aliphatic carbocycles. The number of hydrazone groups is 1. The van der Waals surface area contributed by atoms with Crippen molar-refractivity contribution >= 4 is 28.1 Å². The maximum atomic E-state index is 13.4. The Balaban J connectivity index is 1.38. The first-order valence-corrected chi connectivity index (χ1v) is 11.6. The highest BCUT2D eigenvalue weighted by atomic mass is 79.9. The van der Waals surface area contributed by atoms with E-state index in [-0.39, 0.29) is 22.5 Å². The van der Waals surface area contributed by atoms with Crippen LogP contribution in [-0.2, 0) is 10.2 Å². The van der Waals surface area contributed by atoms with Crippen LogP contribution in [0, 0.1) is 24.2 Å². The van der Waals surface area contributed by atoms with Gasteiger partial charge in [0.25, 0.3) is 0 Å². The molecule has 0 saturated heterocycles. The van der Waals surface area contributed by atoms with Crippen LogP contribution >= 0.6 is 15.9 Å². The molecular weight excluding hydrogens is 440 g/mol. The van der Waals surface area contributed by atoms with E-state index in [0.717, 1.165) is 23.7 Å². The minimum Gasteiger partial charge on any atom is -0.507 e. The van der Waals surface area contributed by atoms with Gasteiger partial charge in [-0.3, -0.25) is 4.79 Å². The van der Waals surface area contributed by atoms with Gasteiger partial charge in [-0.15, -0.1) is 0 Å². The van der Waals surface area contributed by atoms with Crippen LogP contribution in [0.3, 0.4) is 0 Å². The zero-order valence-corrected chi connectivity index (χ0v) is 18.8. The summed E-state index contributed by atoms with van der Waals surface area (Å²) in [5.41, 5.74) is 5.87. The summed E-state index contributed by atoms with van der Waals surface area (Å²) in [5.74, 6) is 1.43. The molecular formula is C25H27BrN2O2. The SMILES string of the molecule is Cc1ccc(C23C[C@@H]4C[C@@H](CC(C(=O)N/N=C\c5cc(Br)ccc5O)(C4)C2)C3)cc1. The van der Waals surface area contributed by atoms with Crippen LogP contribution in [0.1, 0.15) is 55.2 Å². The Bertz CT molecular complexity index is 1000. The molecule has 4 atom stereocenters. The number of hydrogen-bond acceptors (Lipinski definition) is 3. The van der Waals surface area contributed by atoms with Crippen molar-refractivity contribution in [3.05, 3.63) is 63.6 Å². The van der Waals surface area contributed by atoms with Gasteiger partial charge in [0.15, 0.2) is 0 Å². The molecule has 1 amide bonds. The molecule has 4 nitrogen and oxygen atoms in total. The molecule has 0 radical (unpaired) electrons. The van der Waals surface area contributed by atoms with E-state index in [4.69, 9.17) is 0 Å². The number of amides is 1. The molecule has 4 bridgehead atoms. The quantitative estimate of drug-likeness (QED) is 0.464. The lowest BCUT2D eigenvalue weighted by Gasteiger charge is -2.61. The van der Waals surface area contributed by atoms with Crippen molar-refractivity contribution in [2.24, 2.45) is 22.4 Å². The smallest absolute Gasteiger partial charge is 0.246 e. The van der Waals surface area contributed by atoms with Crippen LogP contribution in [0.2, 0.25) is 0 Å². The second kappa shape index (κ2) is 7.23. The Hall–Kier alpha value is -2.14. The molecule has 4 saturated carbocycles. The molecule has 6 rings (SSSR count). The van der Waals surface area contributed by atoms with Crippen LogP contribution < -0.4 is 5.43 Å². The summed E-state index contributed by atoms with van der Waals surface area (Å²) in [4.78, 5) is 13.4. The zero-order chi connectivity index (χ0) is 20.9. The van der Waals surface area contributed by atoms with Gasteiger partial charge >= 0.3 is 0 Å². The number of phenols is 1. The van der Waals surface area contributed by atoms with Crippen LogP contribution in [0.5, 0.6) is 5.75 Å². The van der Waals surface area contributed by atoms with E-state index in [1.54, 1.807) is 18.2 Å². The largest absolute Gasteiger partial charge is 0.507 e. The van der Waals surface area contributed by atoms with Crippen LogP contribution in [0.15, 0.2) is 52.0 Å². The summed E-state index contributed by atoms with van der Waals surface area (Å²) < 4.78 is 0.856. The number of phenolic OH excluding ortho intramolecular Hbond substituents is 1. The predicted molar refractivity (Wildman–Crippen MR) is 122 cm³/mol. The number of nitrogens with one attached hydrogen (secondary N) is 1. The summed E-state index contributed by atoms with van der Waals surface area (Å²) in [6.07, 6.45) is 8.06. The minimum atomic E-state index is -0.328. The van der Waals surface area contributed by atoms with E-state index in [2.05, 4.69) is 57.6 Å². The monoisotopic (exact) mass is 466 g/mol. The number of carbonyl (C=O) groups excluding carboxylic acids is 1. The molecule has 0 spiro atoms. The summed E-state index contributed by atoms with van der Waals surface area (Å²) in [5, 5.41) is 14.2. The lowest BCUT2D eigenvalue weighted by atomic mass is 9.42. The van der Waals surface area contributed by atoms with E-state index in [9.17, 15) is 9.90 Å². The molecule has 30 heavy (non-hydrogen) atoms. The van der Waals surface area contributed by atoms with E-state index in [0.29, 0.717) is 17.4 Å². The van der Waals surface area contributed by atoms with Gasteiger partial charge in [0, 0.05) is 10.0 Å². The van der Waals surface area contributed by atoms with Gasteiger partial charge in [-0.2, -0.15) is 5.10 Å². The van der Waals surface area contributed by atoms with Gasteiger partial charge in [-0.05, 0) is 86.5 Å². The average Bonchev–Trinajstić information content (AvgIpc) is 2.70. The third kappa shape index (κ3) is 3.37. The normalized spacial score (nSPS) is 31.9. The highest BCUT2D eigenvalue weighted by Crippen LogP contribution is 2.65. The molecule has 2 aromatic carbocycles. The first-order chi connectivity index (χ1) is 14.4. The molecule has 4 fully saturated rings. The number of carbonyl (C=O) groups is 1. The van der Waals surface area contributed by atoms with Gasteiger partial charge in [-0.25, -0.2) is 5.43 Å². The minimum absolute atomic E-state index is 0.0406. The first-order valence-electron chi connectivity index (χ1n) is 10.8. The molecule has 0 heterocycles. The van der Waals surface area contributed by atoms with Gasteiger partial charge in [0.2, 0.25) is 5.91 Å². The number of hydrogen-bond donors (Lipinski definition) is 2. The fourth-order valence-corrected chi connectivity index (χ4v) is 7.06. The summed E-state index contributed by atoms with van der Waals surface area (Å²) in [6.45, 7) is 2.12. The maximum absolute atomic E-state index is 13.4. The number of halogens is 1. The highest BCUT2D eigenvalue weighted by Gasteiger charge is 2.60. The highest BCUT2D eigenvalue weighted by molar-refractivity contribution is 9.10. The van der Waals surface area contributed by atoms with E-state index in [1.807, 2.05) is 0 Å². The van der Waals surface area contributed by atoms with E-state index >= 15 is 0 Å². The molecule has 0 aliphatic heterocycles. The Morgan fingerprint density at radius 2 is 1.83 bits per heavy atom. The van der Waals surface area contributed by atoms with Gasteiger partial charge < -0.3 is 5.11 Å². The lowest BCUT2D eigenvalue weighted by Crippen LogP contribution is -2.58. The summed E-state index contributed by atoms with van der Waals surface area (Å²) in [6, 6.07) is 14.1. The number of aromatic hydroxyl groups is 1. The number of nitrogens with zero attached hydrogens (tertiary/aromatic N) is 1. The van der Waals surface area contributed by atoms with Crippen molar-refractivity contribution < 1.29 is 9.90 Å². The van der Waals surface area contributed by atoms with E-state index in [1.165, 1.54) is 36.6 Å². The Kier molecular flexibility index (Phi) is 4.77. The molecule has 2 unspecified atom stereocenters. The topological polar surface area (TPSA) is 61.7 Å². The van der Waals surface area contributed by atoms with Crippen molar-refractivity contribution in [2.75, 3.05) is 0 Å². The van der Waals surface area contributed by atoms with Crippen molar-refractivity contribution in [2.45, 2.75) is 50.9 Å². The molecule has 2 N–H and O–H groups in total. The first kappa shape index (κ1) is 19.8. The van der Waals surface area contributed by atoms with Gasteiger partial charge in [0.1, 0.15) is 5.75 Å². The lowest BCUT2D eigenvalue weighted by molar-refractivity contribution is -0.149. The van der Waals surface area contributed by atoms with Crippen molar-refractivity contribution in [3.8, 4) is 5.75 Å². The van der Waals surface area contributed by atoms with Crippen molar-refractivity contribution in [1.29, 1.82) is 0 Å². The van der Waals surface area contributed by atoms with Gasteiger partial charge in [-0.1, -0.05) is 45.8 Å². The number of aryl methyl sites for hydroxylation is 1. The van der Waals surface area contributed by atoms with Crippen LogP contribution in [-0.4, -0.2) is 17.2 Å². The van der Waals surface area contributed by atoms with Crippen LogP contribution in [0.4, 0.5) is 0 Å². The van der Waals surface area contributed by atoms with Gasteiger partial charge in [0.05, 0.1) is 11.6 Å². The Labute approximate surface area is 185 Å². The number of benzene rings is 2. The second-order valence-electron chi connectivity index (χ2n) is 9.79. The molecule has 2 aromatic rings. The summed E-state index contributed by atoms with van der Waals surface area (Å²) in [7, 11) is 0. The van der Waals surface area contributed by atoms with E-state index < -0.39 is 0 Å².